The van der Waals surface area contributed by atoms with E-state index in [1.54, 1.807) is 11.6 Å². The first kappa shape index (κ1) is 20.7. The molecule has 3 rings (SSSR count). The lowest BCUT2D eigenvalue weighted by Crippen LogP contribution is -2.25. The number of nitrogens with two attached hydrogens (primary N) is 1. The molecule has 1 aliphatic carbocycles. The lowest BCUT2D eigenvalue weighted by Gasteiger charge is -2.07. The van der Waals surface area contributed by atoms with Crippen molar-refractivity contribution in [3.63, 3.8) is 0 Å². The molecule has 1 fully saturated rings. The van der Waals surface area contributed by atoms with Gasteiger partial charge in [-0.25, -0.2) is 5.48 Å². The van der Waals surface area contributed by atoms with Gasteiger partial charge in [-0.15, -0.1) is 0 Å². The number of hydrogen-bond donors (Lipinski definition) is 5. The van der Waals surface area contributed by atoms with Crippen molar-refractivity contribution in [2.75, 3.05) is 5.32 Å². The molecule has 7 heteroatoms. The quantitative estimate of drug-likeness (QED) is 0.194. The fraction of sp³-hybridized carbons (Fsp3) is 0.273. The minimum absolute atomic E-state index is 0.000225. The Hall–Kier alpha value is -3.00. The van der Waals surface area contributed by atoms with Crippen LogP contribution < -0.4 is 22.1 Å². The van der Waals surface area contributed by atoms with Crippen LogP contribution >= 0.6 is 0 Å². The van der Waals surface area contributed by atoms with Crippen LogP contribution in [0.15, 0.2) is 54.6 Å². The molecule has 2 atom stereocenters. The number of benzene rings is 2. The number of rotatable bonds is 9. The maximum Gasteiger partial charge on any atom is 0.267 e. The SMILES string of the molecule is NNC1CC1c1ccc(NC(=O)CCCc2ccc(/C=C/C(=O)NO)cc2)cc1. The molecule has 0 bridgehead atoms. The van der Waals surface area contributed by atoms with E-state index in [2.05, 4.69) is 10.7 Å². The van der Waals surface area contributed by atoms with Crippen molar-refractivity contribution < 1.29 is 14.8 Å². The molecule has 29 heavy (non-hydrogen) atoms. The number of amides is 2. The van der Waals surface area contributed by atoms with Crippen LogP contribution in [0.4, 0.5) is 5.69 Å². The van der Waals surface area contributed by atoms with Crippen LogP contribution in [0.25, 0.3) is 6.08 Å². The first-order valence-electron chi connectivity index (χ1n) is 9.66. The highest BCUT2D eigenvalue weighted by atomic mass is 16.5. The van der Waals surface area contributed by atoms with Crippen molar-refractivity contribution in [2.24, 2.45) is 5.84 Å². The van der Waals surface area contributed by atoms with E-state index in [0.717, 1.165) is 36.1 Å². The molecule has 0 aromatic heterocycles. The Labute approximate surface area is 169 Å². The Morgan fingerprint density at radius 1 is 1.10 bits per heavy atom. The number of aryl methyl sites for hydroxylation is 1. The van der Waals surface area contributed by atoms with Crippen molar-refractivity contribution in [3.8, 4) is 0 Å². The van der Waals surface area contributed by atoms with Gasteiger partial charge in [0, 0.05) is 30.1 Å². The second-order valence-corrected chi connectivity index (χ2v) is 7.19. The van der Waals surface area contributed by atoms with E-state index in [0.29, 0.717) is 18.4 Å². The molecular weight excluding hydrogens is 368 g/mol. The maximum atomic E-state index is 12.2. The van der Waals surface area contributed by atoms with Gasteiger partial charge in [-0.2, -0.15) is 0 Å². The van der Waals surface area contributed by atoms with E-state index < -0.39 is 5.91 Å². The van der Waals surface area contributed by atoms with Gasteiger partial charge in [0.25, 0.3) is 5.91 Å². The lowest BCUT2D eigenvalue weighted by molar-refractivity contribution is -0.124. The van der Waals surface area contributed by atoms with Gasteiger partial charge in [-0.1, -0.05) is 36.4 Å². The van der Waals surface area contributed by atoms with E-state index in [1.807, 2.05) is 48.5 Å². The predicted molar refractivity (Wildman–Crippen MR) is 112 cm³/mol. The van der Waals surface area contributed by atoms with Gasteiger partial charge >= 0.3 is 0 Å². The Bertz CT molecular complexity index is 863. The van der Waals surface area contributed by atoms with E-state index in [4.69, 9.17) is 11.0 Å². The molecule has 2 aromatic rings. The molecule has 0 spiro atoms. The summed E-state index contributed by atoms with van der Waals surface area (Å²) in [5.74, 6) is 5.35. The van der Waals surface area contributed by atoms with Crippen LogP contribution in [-0.2, 0) is 16.0 Å². The summed E-state index contributed by atoms with van der Waals surface area (Å²) in [5.41, 5.74) is 8.36. The van der Waals surface area contributed by atoms with Crippen molar-refractivity contribution in [1.29, 1.82) is 0 Å². The summed E-state index contributed by atoms with van der Waals surface area (Å²) in [7, 11) is 0. The normalized spacial score (nSPS) is 17.9. The lowest BCUT2D eigenvalue weighted by atomic mass is 10.1. The van der Waals surface area contributed by atoms with Gasteiger partial charge in [0.2, 0.25) is 5.91 Å². The zero-order valence-corrected chi connectivity index (χ0v) is 16.1. The van der Waals surface area contributed by atoms with Gasteiger partial charge in [0.15, 0.2) is 0 Å². The molecule has 0 saturated heterocycles. The molecule has 6 N–H and O–H groups in total. The molecule has 1 aliphatic rings. The summed E-state index contributed by atoms with van der Waals surface area (Å²) in [6.45, 7) is 0. The van der Waals surface area contributed by atoms with Crippen molar-refractivity contribution in [2.45, 2.75) is 37.6 Å². The molecule has 2 amide bonds. The third-order valence-corrected chi connectivity index (χ3v) is 5.01. The van der Waals surface area contributed by atoms with E-state index >= 15 is 0 Å². The minimum Gasteiger partial charge on any atom is -0.326 e. The summed E-state index contributed by atoms with van der Waals surface area (Å²) in [6.07, 6.45) is 5.91. The Morgan fingerprint density at radius 2 is 1.83 bits per heavy atom. The summed E-state index contributed by atoms with van der Waals surface area (Å²) in [5, 5.41) is 11.4. The van der Waals surface area contributed by atoms with Crippen molar-refractivity contribution in [1.82, 2.24) is 10.9 Å². The Balaban J connectivity index is 1.39. The Kier molecular flexibility index (Phi) is 7.13. The zero-order chi connectivity index (χ0) is 20.6. The van der Waals surface area contributed by atoms with Crippen LogP contribution in [0, 0.1) is 0 Å². The van der Waals surface area contributed by atoms with Gasteiger partial charge in [0.1, 0.15) is 0 Å². The van der Waals surface area contributed by atoms with Crippen LogP contribution in [-0.4, -0.2) is 23.1 Å². The second-order valence-electron chi connectivity index (χ2n) is 7.19. The molecule has 152 valence electrons. The molecule has 0 heterocycles. The van der Waals surface area contributed by atoms with Gasteiger partial charge in [-0.3, -0.25) is 26.1 Å². The summed E-state index contributed by atoms with van der Waals surface area (Å²) in [4.78, 5) is 23.1. The molecule has 0 radical (unpaired) electrons. The highest BCUT2D eigenvalue weighted by Gasteiger charge is 2.37. The largest absolute Gasteiger partial charge is 0.326 e. The minimum atomic E-state index is -0.570. The number of carbonyl (C=O) groups is 2. The fourth-order valence-corrected chi connectivity index (χ4v) is 3.24. The smallest absolute Gasteiger partial charge is 0.267 e. The van der Waals surface area contributed by atoms with Gasteiger partial charge in [-0.05, 0) is 54.2 Å². The number of nitrogens with one attached hydrogen (secondary N) is 3. The van der Waals surface area contributed by atoms with Crippen molar-refractivity contribution >= 4 is 23.6 Å². The average molecular weight is 394 g/mol. The first-order valence-corrected chi connectivity index (χ1v) is 9.66. The highest BCUT2D eigenvalue weighted by molar-refractivity contribution is 5.91. The number of anilines is 1. The second kappa shape index (κ2) is 9.97. The van der Waals surface area contributed by atoms with Gasteiger partial charge < -0.3 is 5.32 Å². The van der Waals surface area contributed by atoms with Crippen molar-refractivity contribution in [3.05, 3.63) is 71.3 Å². The topological polar surface area (TPSA) is 116 Å². The molecule has 2 aromatic carbocycles. The highest BCUT2D eigenvalue weighted by Crippen LogP contribution is 2.40. The first-order chi connectivity index (χ1) is 14.1. The number of carbonyl (C=O) groups excluding carboxylic acids is 2. The standard InChI is InChI=1S/C22H26N4O3/c23-25-20-14-19(20)17-9-11-18(12-10-17)24-21(27)3-1-2-15-4-6-16(7-5-15)8-13-22(28)26-29/h4-13,19-20,25,29H,1-3,14,23H2,(H,24,27)(H,26,28)/b13-8+. The van der Waals surface area contributed by atoms with E-state index in [1.165, 1.54) is 11.6 Å². The van der Waals surface area contributed by atoms with E-state index in [9.17, 15) is 9.59 Å². The molecular formula is C22H26N4O3. The van der Waals surface area contributed by atoms with Crippen LogP contribution in [0.2, 0.25) is 0 Å². The maximum absolute atomic E-state index is 12.2. The zero-order valence-electron chi connectivity index (χ0n) is 16.1. The fourth-order valence-electron chi connectivity index (χ4n) is 3.24. The van der Waals surface area contributed by atoms with Gasteiger partial charge in [0.05, 0.1) is 0 Å². The van der Waals surface area contributed by atoms with E-state index in [-0.39, 0.29) is 5.91 Å². The Morgan fingerprint density at radius 3 is 2.45 bits per heavy atom. The number of hydrazine groups is 1. The van der Waals surface area contributed by atoms with Crippen LogP contribution in [0.3, 0.4) is 0 Å². The number of hydroxylamine groups is 1. The molecule has 0 aliphatic heterocycles. The summed E-state index contributed by atoms with van der Waals surface area (Å²) >= 11 is 0. The summed E-state index contributed by atoms with van der Waals surface area (Å²) in [6, 6.07) is 16.0. The third kappa shape index (κ3) is 6.25. The van der Waals surface area contributed by atoms with Crippen LogP contribution in [0.5, 0.6) is 0 Å². The third-order valence-electron chi connectivity index (χ3n) is 5.01. The predicted octanol–water partition coefficient (Wildman–Crippen LogP) is 2.49. The average Bonchev–Trinajstić information content (AvgIpc) is 3.53. The molecule has 2 unspecified atom stereocenters. The monoisotopic (exact) mass is 394 g/mol. The summed E-state index contributed by atoms with van der Waals surface area (Å²) < 4.78 is 0. The van der Waals surface area contributed by atoms with Crippen LogP contribution in [0.1, 0.15) is 41.9 Å². The number of hydrogen-bond acceptors (Lipinski definition) is 5. The molecule has 7 nitrogen and oxygen atoms in total. The molecule has 1 saturated carbocycles.